The zero-order valence-electron chi connectivity index (χ0n) is 51.5. The average Bonchev–Trinajstić information content (AvgIpc) is 3.43. The number of hydrogen-bond acceptors (Lipinski definition) is 6. The summed E-state index contributed by atoms with van der Waals surface area (Å²) in [5.74, 6) is -0.888. The van der Waals surface area contributed by atoms with E-state index >= 15 is 0 Å². The number of esters is 3. The number of allylic oxidation sites excluding steroid dienone is 10. The second-order valence-corrected chi connectivity index (χ2v) is 22.7. The van der Waals surface area contributed by atoms with E-state index in [1.54, 1.807) is 0 Å². The van der Waals surface area contributed by atoms with Gasteiger partial charge in [-0.3, -0.25) is 14.4 Å². The monoisotopic (exact) mass is 1080 g/mol. The Morgan fingerprint density at radius 3 is 0.792 bits per heavy atom. The van der Waals surface area contributed by atoms with Crippen LogP contribution in [0.15, 0.2) is 60.8 Å². The van der Waals surface area contributed by atoms with Crippen LogP contribution in [0.4, 0.5) is 0 Å². The van der Waals surface area contributed by atoms with Gasteiger partial charge in [-0.1, -0.05) is 332 Å². The fourth-order valence-electron chi connectivity index (χ4n) is 10.0. The molecule has 0 fully saturated rings. The van der Waals surface area contributed by atoms with Crippen molar-refractivity contribution in [2.45, 2.75) is 361 Å². The molecule has 1 atom stereocenters. The average molecular weight is 1080 g/mol. The van der Waals surface area contributed by atoms with E-state index in [9.17, 15) is 14.4 Å². The zero-order valence-corrected chi connectivity index (χ0v) is 51.5. The quantitative estimate of drug-likeness (QED) is 0.0261. The summed E-state index contributed by atoms with van der Waals surface area (Å²) in [5.41, 5.74) is 0. The first-order valence-electron chi connectivity index (χ1n) is 33.8. The summed E-state index contributed by atoms with van der Waals surface area (Å²) in [5, 5.41) is 0. The minimum absolute atomic E-state index is 0.0798. The lowest BCUT2D eigenvalue weighted by Gasteiger charge is -2.18. The number of rotatable bonds is 62. The van der Waals surface area contributed by atoms with E-state index in [4.69, 9.17) is 14.2 Å². The second kappa shape index (κ2) is 65.6. The van der Waals surface area contributed by atoms with Crippen LogP contribution in [0.3, 0.4) is 0 Å². The van der Waals surface area contributed by atoms with Crippen molar-refractivity contribution in [1.29, 1.82) is 0 Å². The lowest BCUT2D eigenvalue weighted by atomic mass is 10.0. The molecule has 0 radical (unpaired) electrons. The van der Waals surface area contributed by atoms with Crippen LogP contribution in [0.25, 0.3) is 0 Å². The maximum Gasteiger partial charge on any atom is 0.306 e. The Hall–Kier alpha value is -2.89. The van der Waals surface area contributed by atoms with Crippen LogP contribution in [0.5, 0.6) is 0 Å². The molecule has 0 saturated carbocycles. The maximum absolute atomic E-state index is 12.9. The number of unbranched alkanes of at least 4 members (excludes halogenated alkanes) is 41. The molecule has 77 heavy (non-hydrogen) atoms. The highest BCUT2D eigenvalue weighted by Gasteiger charge is 2.19. The van der Waals surface area contributed by atoms with Crippen LogP contribution in [-0.2, 0) is 28.6 Å². The molecule has 0 bridgehead atoms. The highest BCUT2D eigenvalue weighted by molar-refractivity contribution is 5.71. The van der Waals surface area contributed by atoms with Gasteiger partial charge in [0.1, 0.15) is 13.2 Å². The SMILES string of the molecule is CC/C=C\C/C=C\C/C=C\C/C=C\C/C=C\CCCCCC(=O)OC[C@H](COC(=O)CCCCCCCCCCCCCCCCCCCCC)OC(=O)CCCCCCCCCCCCCCCCCCCCCCC. The normalized spacial score (nSPS) is 12.4. The molecular formula is C71H128O6. The van der Waals surface area contributed by atoms with Crippen LogP contribution < -0.4 is 0 Å². The van der Waals surface area contributed by atoms with Crippen molar-refractivity contribution in [3.05, 3.63) is 60.8 Å². The summed E-state index contributed by atoms with van der Waals surface area (Å²) in [6.07, 6.45) is 83.8. The first-order valence-corrected chi connectivity index (χ1v) is 33.8. The van der Waals surface area contributed by atoms with E-state index in [1.165, 1.54) is 218 Å². The molecule has 0 saturated heterocycles. The van der Waals surface area contributed by atoms with Crippen molar-refractivity contribution in [1.82, 2.24) is 0 Å². The summed E-state index contributed by atoms with van der Waals surface area (Å²) in [7, 11) is 0. The van der Waals surface area contributed by atoms with Gasteiger partial charge >= 0.3 is 17.9 Å². The van der Waals surface area contributed by atoms with E-state index in [0.717, 1.165) is 96.3 Å². The van der Waals surface area contributed by atoms with Crippen LogP contribution in [0, 0.1) is 0 Å². The van der Waals surface area contributed by atoms with Gasteiger partial charge in [-0.05, 0) is 64.2 Å². The van der Waals surface area contributed by atoms with Gasteiger partial charge in [0.2, 0.25) is 0 Å². The van der Waals surface area contributed by atoms with Crippen molar-refractivity contribution in [3.63, 3.8) is 0 Å². The second-order valence-electron chi connectivity index (χ2n) is 22.7. The lowest BCUT2D eigenvalue weighted by Crippen LogP contribution is -2.30. The molecule has 0 aromatic carbocycles. The van der Waals surface area contributed by atoms with Crippen LogP contribution in [0.2, 0.25) is 0 Å². The number of ether oxygens (including phenoxy) is 3. The molecular weight excluding hydrogens is 949 g/mol. The summed E-state index contributed by atoms with van der Waals surface area (Å²) >= 11 is 0. The molecule has 0 aromatic rings. The molecule has 0 spiro atoms. The molecule has 6 heteroatoms. The maximum atomic E-state index is 12.9. The Labute approximate surface area is 479 Å². The van der Waals surface area contributed by atoms with Crippen molar-refractivity contribution < 1.29 is 28.6 Å². The molecule has 0 rings (SSSR count). The number of hydrogen-bond donors (Lipinski definition) is 0. The molecule has 0 amide bonds. The molecule has 6 nitrogen and oxygen atoms in total. The standard InChI is InChI=1S/C71H128O6/c1-4-7-10-13-16-19-22-25-28-31-34-35-38-41-44-47-50-53-56-59-62-65-71(74)77-68(66-75-69(72)63-60-57-54-51-48-45-42-39-36-32-29-26-23-20-17-14-11-8-5-2)67-76-70(73)64-61-58-55-52-49-46-43-40-37-33-30-27-24-21-18-15-12-9-6-3/h8,11,17,20,26,29,36,39,45,48,68H,4-7,9-10,12-16,18-19,21-25,27-28,30-35,37-38,40-44,46-47,49-67H2,1-3H3/b11-8-,20-17-,29-26-,39-36-,48-45-/t68-/m1/s1. The molecule has 0 N–H and O–H groups in total. The van der Waals surface area contributed by atoms with E-state index < -0.39 is 6.10 Å². The first-order chi connectivity index (χ1) is 38.0. The Bertz CT molecular complexity index is 1380. The van der Waals surface area contributed by atoms with Gasteiger partial charge in [-0.25, -0.2) is 0 Å². The van der Waals surface area contributed by atoms with Gasteiger partial charge in [-0.2, -0.15) is 0 Å². The third-order valence-electron chi connectivity index (χ3n) is 15.0. The van der Waals surface area contributed by atoms with Gasteiger partial charge in [0.25, 0.3) is 0 Å². The highest BCUT2D eigenvalue weighted by atomic mass is 16.6. The predicted octanol–water partition coefficient (Wildman–Crippen LogP) is 23.1. The summed E-state index contributed by atoms with van der Waals surface area (Å²) < 4.78 is 17.0. The minimum Gasteiger partial charge on any atom is -0.462 e. The third kappa shape index (κ3) is 63.8. The van der Waals surface area contributed by atoms with E-state index in [1.807, 2.05) is 0 Å². The molecule has 0 heterocycles. The zero-order chi connectivity index (χ0) is 55.7. The first kappa shape index (κ1) is 74.1. The molecule has 0 aromatic heterocycles. The van der Waals surface area contributed by atoms with E-state index in [-0.39, 0.29) is 31.1 Å². The van der Waals surface area contributed by atoms with Crippen molar-refractivity contribution in [3.8, 4) is 0 Å². The Morgan fingerprint density at radius 2 is 0.506 bits per heavy atom. The molecule has 0 aliphatic heterocycles. The van der Waals surface area contributed by atoms with Gasteiger partial charge in [0.15, 0.2) is 6.10 Å². The van der Waals surface area contributed by atoms with E-state index in [2.05, 4.69) is 81.5 Å². The lowest BCUT2D eigenvalue weighted by molar-refractivity contribution is -0.167. The molecule has 0 aliphatic rings. The van der Waals surface area contributed by atoms with Crippen molar-refractivity contribution in [2.75, 3.05) is 13.2 Å². The smallest absolute Gasteiger partial charge is 0.306 e. The fourth-order valence-corrected chi connectivity index (χ4v) is 10.0. The largest absolute Gasteiger partial charge is 0.462 e. The Balaban J connectivity index is 4.38. The molecule has 448 valence electrons. The predicted molar refractivity (Wildman–Crippen MR) is 335 cm³/mol. The molecule has 0 unspecified atom stereocenters. The molecule has 0 aliphatic carbocycles. The minimum atomic E-state index is -0.786. The topological polar surface area (TPSA) is 78.9 Å². The van der Waals surface area contributed by atoms with Crippen molar-refractivity contribution in [2.24, 2.45) is 0 Å². The van der Waals surface area contributed by atoms with Gasteiger partial charge in [0, 0.05) is 19.3 Å². The van der Waals surface area contributed by atoms with Gasteiger partial charge < -0.3 is 14.2 Å². The summed E-state index contributed by atoms with van der Waals surface area (Å²) in [4.78, 5) is 38.4. The van der Waals surface area contributed by atoms with Crippen LogP contribution in [-0.4, -0.2) is 37.2 Å². The Morgan fingerprint density at radius 1 is 0.273 bits per heavy atom. The van der Waals surface area contributed by atoms with Gasteiger partial charge in [-0.15, -0.1) is 0 Å². The Kier molecular flexibility index (Phi) is 63.2. The summed E-state index contributed by atoms with van der Waals surface area (Å²) in [6, 6.07) is 0. The van der Waals surface area contributed by atoms with Gasteiger partial charge in [0.05, 0.1) is 0 Å². The third-order valence-corrected chi connectivity index (χ3v) is 15.0. The fraction of sp³-hybridized carbons (Fsp3) is 0.817. The number of carbonyl (C=O) groups is 3. The van der Waals surface area contributed by atoms with Crippen LogP contribution in [0.1, 0.15) is 355 Å². The van der Waals surface area contributed by atoms with Crippen molar-refractivity contribution >= 4 is 17.9 Å². The van der Waals surface area contributed by atoms with E-state index in [0.29, 0.717) is 19.3 Å². The highest BCUT2D eigenvalue weighted by Crippen LogP contribution is 2.18. The number of carbonyl (C=O) groups excluding carboxylic acids is 3. The summed E-state index contributed by atoms with van der Waals surface area (Å²) in [6.45, 7) is 6.57. The van der Waals surface area contributed by atoms with Crippen LogP contribution >= 0.6 is 0 Å².